The molecule has 0 heterocycles. The number of nitrogens with zero attached hydrogens (tertiary/aromatic N) is 1. The highest BCUT2D eigenvalue weighted by molar-refractivity contribution is 6.31. The van der Waals surface area contributed by atoms with E-state index in [1.54, 1.807) is 0 Å². The normalized spacial score (nSPS) is 27.3. The zero-order valence-corrected chi connectivity index (χ0v) is 16.7. The third kappa shape index (κ3) is 4.37. The number of hydrogen-bond acceptors (Lipinski definition) is 4. The van der Waals surface area contributed by atoms with Crippen LogP contribution in [0.1, 0.15) is 25.7 Å². The second-order valence-electron chi connectivity index (χ2n) is 7.72. The van der Waals surface area contributed by atoms with Gasteiger partial charge in [-0.25, -0.2) is 4.39 Å². The Hall–Kier alpha value is -2.61. The van der Waals surface area contributed by atoms with Crippen LogP contribution in [0, 0.1) is 29.5 Å². The summed E-state index contributed by atoms with van der Waals surface area (Å²) in [6, 6.07) is 3.84. The van der Waals surface area contributed by atoms with E-state index >= 15 is 0 Å². The van der Waals surface area contributed by atoms with Crippen molar-refractivity contribution in [3.05, 3.63) is 40.3 Å². The van der Waals surface area contributed by atoms with E-state index in [9.17, 15) is 19.1 Å². The number of aliphatic carboxylic acids is 1. The van der Waals surface area contributed by atoms with Gasteiger partial charge < -0.3 is 21.9 Å². The average molecular weight is 423 g/mol. The lowest BCUT2D eigenvalue weighted by atomic mass is 9.93. The molecule has 0 aromatic heterocycles. The van der Waals surface area contributed by atoms with E-state index in [1.807, 2.05) is 0 Å². The molecule has 2 saturated carbocycles. The molecule has 1 amide bonds. The molecule has 0 bridgehead atoms. The molecule has 6 N–H and O–H groups in total. The van der Waals surface area contributed by atoms with E-state index in [0.717, 1.165) is 18.9 Å². The van der Waals surface area contributed by atoms with Crippen molar-refractivity contribution in [1.82, 2.24) is 0 Å². The number of allylic oxidation sites excluding steroid dienone is 1. The fourth-order valence-electron chi connectivity index (χ4n) is 4.55. The first-order valence-corrected chi connectivity index (χ1v) is 9.80. The van der Waals surface area contributed by atoms with E-state index in [4.69, 9.17) is 23.1 Å². The molecule has 9 heteroatoms. The van der Waals surface area contributed by atoms with Crippen molar-refractivity contribution in [2.24, 2.45) is 40.1 Å². The smallest absolute Gasteiger partial charge is 0.306 e. The number of nitrogens with one attached hydrogen (secondary N) is 1. The van der Waals surface area contributed by atoms with Gasteiger partial charge in [0.1, 0.15) is 17.2 Å². The Kier molecular flexibility index (Phi) is 6.12. The zero-order chi connectivity index (χ0) is 21.3. The second-order valence-corrected chi connectivity index (χ2v) is 8.12. The molecule has 0 radical (unpaired) electrons. The summed E-state index contributed by atoms with van der Waals surface area (Å²) in [5, 5.41) is 11.8. The van der Waals surface area contributed by atoms with Gasteiger partial charge in [0.2, 0.25) is 0 Å². The van der Waals surface area contributed by atoms with E-state index in [0.29, 0.717) is 24.2 Å². The highest BCUT2D eigenvalue weighted by Crippen LogP contribution is 2.50. The SMILES string of the molecule is CN=C(N)C(C(=O)Nc1ccc(F)c(Cl)c1)=C(N)C1CC2CC(C(=O)O)CC2C1. The summed E-state index contributed by atoms with van der Waals surface area (Å²) >= 11 is 5.77. The van der Waals surface area contributed by atoms with E-state index in [1.165, 1.54) is 19.2 Å². The monoisotopic (exact) mass is 422 g/mol. The number of carbonyl (C=O) groups is 2. The Labute approximate surface area is 173 Å². The van der Waals surface area contributed by atoms with E-state index < -0.39 is 17.7 Å². The van der Waals surface area contributed by atoms with Crippen LogP contribution in [0.5, 0.6) is 0 Å². The molecule has 0 saturated heterocycles. The van der Waals surface area contributed by atoms with Crippen molar-refractivity contribution in [2.45, 2.75) is 25.7 Å². The molecule has 0 spiro atoms. The van der Waals surface area contributed by atoms with Crippen molar-refractivity contribution < 1.29 is 19.1 Å². The molecule has 1 aromatic rings. The number of halogens is 2. The van der Waals surface area contributed by atoms with Gasteiger partial charge in [0.05, 0.1) is 10.9 Å². The van der Waals surface area contributed by atoms with E-state index in [-0.39, 0.29) is 40.1 Å². The van der Waals surface area contributed by atoms with Crippen LogP contribution >= 0.6 is 11.6 Å². The maximum atomic E-state index is 13.4. The minimum absolute atomic E-state index is 0.00804. The van der Waals surface area contributed by atoms with Crippen LogP contribution in [-0.2, 0) is 9.59 Å². The highest BCUT2D eigenvalue weighted by atomic mass is 35.5. The molecule has 2 atom stereocenters. The number of aliphatic imine (C=N–C) groups is 1. The number of carboxylic acid groups (broad SMARTS) is 1. The lowest BCUT2D eigenvalue weighted by Crippen LogP contribution is -2.31. The molecule has 2 aliphatic rings. The number of amidine groups is 1. The number of hydrogen-bond donors (Lipinski definition) is 4. The van der Waals surface area contributed by atoms with Crippen LogP contribution in [0.2, 0.25) is 5.02 Å². The first-order chi connectivity index (χ1) is 13.7. The third-order valence-electron chi connectivity index (χ3n) is 6.00. The largest absolute Gasteiger partial charge is 0.481 e. The topological polar surface area (TPSA) is 131 Å². The van der Waals surface area contributed by atoms with Crippen molar-refractivity contribution in [3.8, 4) is 0 Å². The minimum atomic E-state index is -0.750. The Morgan fingerprint density at radius 2 is 1.76 bits per heavy atom. The first-order valence-electron chi connectivity index (χ1n) is 9.42. The van der Waals surface area contributed by atoms with Gasteiger partial charge in [-0.2, -0.15) is 0 Å². The molecule has 3 rings (SSSR count). The maximum absolute atomic E-state index is 13.4. The van der Waals surface area contributed by atoms with Crippen LogP contribution in [-0.4, -0.2) is 29.9 Å². The molecule has 29 heavy (non-hydrogen) atoms. The predicted molar refractivity (Wildman–Crippen MR) is 109 cm³/mol. The van der Waals surface area contributed by atoms with Crippen LogP contribution in [0.25, 0.3) is 0 Å². The van der Waals surface area contributed by atoms with Gasteiger partial charge in [-0.3, -0.25) is 14.6 Å². The molecule has 156 valence electrons. The average Bonchev–Trinajstić information content (AvgIpc) is 3.24. The molecular weight excluding hydrogens is 399 g/mol. The number of benzene rings is 1. The summed E-state index contributed by atoms with van der Waals surface area (Å²) in [4.78, 5) is 28.0. The van der Waals surface area contributed by atoms with Gasteiger partial charge >= 0.3 is 5.97 Å². The molecule has 2 aliphatic carbocycles. The van der Waals surface area contributed by atoms with Crippen LogP contribution in [0.15, 0.2) is 34.5 Å². The Morgan fingerprint density at radius 1 is 1.17 bits per heavy atom. The predicted octanol–water partition coefficient (Wildman–Crippen LogP) is 2.75. The maximum Gasteiger partial charge on any atom is 0.306 e. The van der Waals surface area contributed by atoms with Crippen LogP contribution in [0.3, 0.4) is 0 Å². The third-order valence-corrected chi connectivity index (χ3v) is 6.28. The number of rotatable bonds is 5. The number of fused-ring (bicyclic) bond motifs is 1. The number of nitrogens with two attached hydrogens (primary N) is 2. The molecule has 2 fully saturated rings. The molecule has 0 aliphatic heterocycles. The summed E-state index contributed by atoms with van der Waals surface area (Å²) in [7, 11) is 1.46. The van der Waals surface area contributed by atoms with Crippen molar-refractivity contribution in [1.29, 1.82) is 0 Å². The highest BCUT2D eigenvalue weighted by Gasteiger charge is 2.45. The van der Waals surface area contributed by atoms with Gasteiger partial charge in [-0.05, 0) is 61.6 Å². The summed E-state index contributed by atoms with van der Waals surface area (Å²) in [6.07, 6.45) is 2.71. The Morgan fingerprint density at radius 3 is 2.28 bits per heavy atom. The summed E-state index contributed by atoms with van der Waals surface area (Å²) in [6.45, 7) is 0. The van der Waals surface area contributed by atoms with Gasteiger partial charge in [-0.1, -0.05) is 11.6 Å². The lowest BCUT2D eigenvalue weighted by Gasteiger charge is -2.18. The Balaban J connectivity index is 1.80. The fraction of sp³-hybridized carbons (Fsp3) is 0.450. The van der Waals surface area contributed by atoms with Crippen LogP contribution < -0.4 is 16.8 Å². The standard InChI is InChI=1S/C20H24ClFN4O3/c1-25-18(24)16(19(27)26-13-2-3-15(22)14(21)8-13)17(23)11-4-9-6-12(20(28)29)7-10(9)5-11/h2-3,8-12H,4-7,23H2,1H3,(H2,24,25)(H,26,27)(H,28,29). The van der Waals surface area contributed by atoms with Crippen molar-refractivity contribution in [3.63, 3.8) is 0 Å². The Bertz CT molecular complexity index is 888. The first kappa shape index (κ1) is 21.1. The number of amides is 1. The second kappa shape index (κ2) is 8.41. The van der Waals surface area contributed by atoms with Gasteiger partial charge in [0, 0.05) is 18.4 Å². The number of carbonyl (C=O) groups excluding carboxylic acids is 1. The van der Waals surface area contributed by atoms with Crippen molar-refractivity contribution >= 4 is 35.0 Å². The van der Waals surface area contributed by atoms with Crippen LogP contribution in [0.4, 0.5) is 10.1 Å². The quantitative estimate of drug-likeness (QED) is 0.329. The summed E-state index contributed by atoms with van der Waals surface area (Å²) < 4.78 is 13.4. The van der Waals surface area contributed by atoms with E-state index in [2.05, 4.69) is 10.3 Å². The minimum Gasteiger partial charge on any atom is -0.481 e. The molecule has 7 nitrogen and oxygen atoms in total. The number of carboxylic acids is 1. The molecular formula is C20H24ClFN4O3. The zero-order valence-electron chi connectivity index (χ0n) is 16.0. The molecule has 2 unspecified atom stereocenters. The number of anilines is 1. The van der Waals surface area contributed by atoms with Crippen molar-refractivity contribution in [2.75, 3.05) is 12.4 Å². The molecule has 1 aromatic carbocycles. The van der Waals surface area contributed by atoms with Gasteiger partial charge in [-0.15, -0.1) is 0 Å². The van der Waals surface area contributed by atoms with Gasteiger partial charge in [0.15, 0.2) is 0 Å². The summed E-state index contributed by atoms with van der Waals surface area (Å²) in [5.41, 5.74) is 13.1. The lowest BCUT2D eigenvalue weighted by molar-refractivity contribution is -0.141. The summed E-state index contributed by atoms with van der Waals surface area (Å²) in [5.74, 6) is -1.70. The van der Waals surface area contributed by atoms with Gasteiger partial charge in [0.25, 0.3) is 5.91 Å². The fourth-order valence-corrected chi connectivity index (χ4v) is 4.73.